The summed E-state index contributed by atoms with van der Waals surface area (Å²) >= 11 is 0. The van der Waals surface area contributed by atoms with Crippen molar-refractivity contribution in [2.45, 2.75) is 40.5 Å². The molecule has 0 saturated carbocycles. The van der Waals surface area contributed by atoms with Crippen molar-refractivity contribution >= 4 is 0 Å². The predicted molar refractivity (Wildman–Crippen MR) is 59.5 cm³/mol. The summed E-state index contributed by atoms with van der Waals surface area (Å²) in [6.45, 7) is 12.0. The second kappa shape index (κ2) is 7.34. The standard InChI is InChI=1S/C11H26N2/c1-5-6-11(4)8-13(9-12)7-10(2)3/h10-11H,5-9,12H2,1-4H3. The molecule has 0 aliphatic heterocycles. The average Bonchev–Trinajstić information content (AvgIpc) is 2.02. The Hall–Kier alpha value is -0.0800. The van der Waals surface area contributed by atoms with Gasteiger partial charge in [0.05, 0.1) is 0 Å². The number of nitrogens with zero attached hydrogens (tertiary/aromatic N) is 1. The average molecular weight is 186 g/mol. The molecule has 0 aliphatic rings. The van der Waals surface area contributed by atoms with Crippen LogP contribution in [0.3, 0.4) is 0 Å². The maximum Gasteiger partial charge on any atom is 0.0455 e. The van der Waals surface area contributed by atoms with Crippen LogP contribution < -0.4 is 5.73 Å². The summed E-state index contributed by atoms with van der Waals surface area (Å²) in [6, 6.07) is 0. The van der Waals surface area contributed by atoms with Gasteiger partial charge in [0.15, 0.2) is 0 Å². The number of hydrogen-bond acceptors (Lipinski definition) is 2. The van der Waals surface area contributed by atoms with Gasteiger partial charge in [-0.1, -0.05) is 34.1 Å². The van der Waals surface area contributed by atoms with Gasteiger partial charge in [-0.05, 0) is 18.3 Å². The molecule has 0 saturated heterocycles. The molecule has 0 aromatic carbocycles. The number of nitrogens with two attached hydrogens (primary N) is 1. The van der Waals surface area contributed by atoms with Crippen LogP contribution >= 0.6 is 0 Å². The van der Waals surface area contributed by atoms with Crippen molar-refractivity contribution in [2.75, 3.05) is 19.8 Å². The normalized spacial score (nSPS) is 14.1. The van der Waals surface area contributed by atoms with Crippen molar-refractivity contribution in [2.24, 2.45) is 17.6 Å². The Labute approximate surface area is 83.5 Å². The minimum absolute atomic E-state index is 0.701. The third-order valence-corrected chi connectivity index (χ3v) is 2.23. The number of rotatable bonds is 7. The fraction of sp³-hybridized carbons (Fsp3) is 1.00. The molecular formula is C11H26N2. The molecule has 0 aromatic rings. The molecule has 1 unspecified atom stereocenters. The van der Waals surface area contributed by atoms with Gasteiger partial charge in [-0.15, -0.1) is 0 Å². The Bertz CT molecular complexity index is 113. The Morgan fingerprint density at radius 1 is 1.15 bits per heavy atom. The molecule has 0 amide bonds. The van der Waals surface area contributed by atoms with Gasteiger partial charge in [-0.2, -0.15) is 0 Å². The monoisotopic (exact) mass is 186 g/mol. The molecule has 80 valence electrons. The molecule has 0 spiro atoms. The molecule has 0 heterocycles. The first-order valence-electron chi connectivity index (χ1n) is 5.52. The van der Waals surface area contributed by atoms with Gasteiger partial charge in [-0.3, -0.25) is 4.90 Å². The molecule has 2 nitrogen and oxygen atoms in total. The topological polar surface area (TPSA) is 29.3 Å². The highest BCUT2D eigenvalue weighted by Crippen LogP contribution is 2.08. The summed E-state index contributed by atoms with van der Waals surface area (Å²) in [6.07, 6.45) is 2.59. The van der Waals surface area contributed by atoms with Gasteiger partial charge >= 0.3 is 0 Å². The molecular weight excluding hydrogens is 160 g/mol. The smallest absolute Gasteiger partial charge is 0.0455 e. The maximum atomic E-state index is 5.69. The van der Waals surface area contributed by atoms with Crippen LogP contribution in [0.15, 0.2) is 0 Å². The van der Waals surface area contributed by atoms with E-state index >= 15 is 0 Å². The van der Waals surface area contributed by atoms with E-state index in [1.807, 2.05) is 0 Å². The second-order valence-corrected chi connectivity index (χ2v) is 4.51. The lowest BCUT2D eigenvalue weighted by Crippen LogP contribution is -2.36. The molecule has 0 rings (SSSR count). The van der Waals surface area contributed by atoms with E-state index in [9.17, 15) is 0 Å². The Morgan fingerprint density at radius 3 is 2.15 bits per heavy atom. The van der Waals surface area contributed by atoms with Gasteiger partial charge in [0.1, 0.15) is 0 Å². The third-order valence-electron chi connectivity index (χ3n) is 2.23. The van der Waals surface area contributed by atoms with Crippen LogP contribution in [0.2, 0.25) is 0 Å². The van der Waals surface area contributed by atoms with Crippen molar-refractivity contribution in [1.82, 2.24) is 4.90 Å². The van der Waals surface area contributed by atoms with Gasteiger partial charge in [0.2, 0.25) is 0 Å². The first-order chi connectivity index (χ1) is 6.10. The first kappa shape index (κ1) is 12.9. The lowest BCUT2D eigenvalue weighted by Gasteiger charge is -2.25. The summed E-state index contributed by atoms with van der Waals surface area (Å²) in [5.74, 6) is 1.50. The highest BCUT2D eigenvalue weighted by Gasteiger charge is 2.09. The van der Waals surface area contributed by atoms with E-state index in [1.165, 1.54) is 12.8 Å². The molecule has 0 aromatic heterocycles. The largest absolute Gasteiger partial charge is 0.318 e. The molecule has 0 radical (unpaired) electrons. The summed E-state index contributed by atoms with van der Waals surface area (Å²) in [5.41, 5.74) is 5.69. The summed E-state index contributed by atoms with van der Waals surface area (Å²) < 4.78 is 0. The molecule has 2 heteroatoms. The molecule has 1 atom stereocenters. The summed E-state index contributed by atoms with van der Waals surface area (Å²) in [7, 11) is 0. The van der Waals surface area contributed by atoms with Crippen LogP contribution in [0.4, 0.5) is 0 Å². The SMILES string of the molecule is CCCC(C)CN(CN)CC(C)C. The van der Waals surface area contributed by atoms with Gasteiger partial charge < -0.3 is 5.73 Å². The fourth-order valence-corrected chi connectivity index (χ4v) is 1.76. The maximum absolute atomic E-state index is 5.69. The first-order valence-corrected chi connectivity index (χ1v) is 5.52. The van der Waals surface area contributed by atoms with E-state index in [-0.39, 0.29) is 0 Å². The minimum Gasteiger partial charge on any atom is -0.318 e. The zero-order chi connectivity index (χ0) is 10.3. The molecule has 0 fully saturated rings. The van der Waals surface area contributed by atoms with Crippen molar-refractivity contribution in [3.63, 3.8) is 0 Å². The van der Waals surface area contributed by atoms with Gasteiger partial charge in [-0.25, -0.2) is 0 Å². The summed E-state index contributed by atoms with van der Waals surface area (Å²) in [4.78, 5) is 2.35. The zero-order valence-corrected chi connectivity index (χ0v) is 9.71. The second-order valence-electron chi connectivity index (χ2n) is 4.51. The minimum atomic E-state index is 0.701. The van der Waals surface area contributed by atoms with Crippen molar-refractivity contribution in [1.29, 1.82) is 0 Å². The van der Waals surface area contributed by atoms with Crippen molar-refractivity contribution in [3.8, 4) is 0 Å². The van der Waals surface area contributed by atoms with E-state index in [2.05, 4.69) is 32.6 Å². The zero-order valence-electron chi connectivity index (χ0n) is 9.71. The van der Waals surface area contributed by atoms with Crippen LogP contribution in [0, 0.1) is 11.8 Å². The van der Waals surface area contributed by atoms with Crippen molar-refractivity contribution < 1.29 is 0 Å². The molecule has 13 heavy (non-hydrogen) atoms. The predicted octanol–water partition coefficient (Wildman–Crippen LogP) is 2.30. The molecule has 2 N–H and O–H groups in total. The Kier molecular flexibility index (Phi) is 7.29. The lowest BCUT2D eigenvalue weighted by atomic mass is 10.1. The Morgan fingerprint density at radius 2 is 1.77 bits per heavy atom. The van der Waals surface area contributed by atoms with Crippen molar-refractivity contribution in [3.05, 3.63) is 0 Å². The number of hydrogen-bond donors (Lipinski definition) is 1. The highest BCUT2D eigenvalue weighted by molar-refractivity contribution is 4.62. The fourth-order valence-electron chi connectivity index (χ4n) is 1.76. The Balaban J connectivity index is 3.69. The molecule has 0 bridgehead atoms. The van der Waals surface area contributed by atoms with Crippen LogP contribution in [-0.2, 0) is 0 Å². The third kappa shape index (κ3) is 7.03. The van der Waals surface area contributed by atoms with E-state index in [0.29, 0.717) is 6.67 Å². The van der Waals surface area contributed by atoms with Crippen LogP contribution in [0.5, 0.6) is 0 Å². The van der Waals surface area contributed by atoms with Gasteiger partial charge in [0, 0.05) is 19.8 Å². The quantitative estimate of drug-likeness (QED) is 0.618. The highest BCUT2D eigenvalue weighted by atomic mass is 15.2. The van der Waals surface area contributed by atoms with E-state index in [4.69, 9.17) is 5.73 Å². The van der Waals surface area contributed by atoms with E-state index in [1.54, 1.807) is 0 Å². The molecule has 0 aliphatic carbocycles. The van der Waals surface area contributed by atoms with E-state index in [0.717, 1.165) is 24.9 Å². The van der Waals surface area contributed by atoms with Gasteiger partial charge in [0.25, 0.3) is 0 Å². The van der Waals surface area contributed by atoms with Crippen LogP contribution in [-0.4, -0.2) is 24.7 Å². The van der Waals surface area contributed by atoms with Crippen LogP contribution in [0.25, 0.3) is 0 Å². The summed E-state index contributed by atoms with van der Waals surface area (Å²) in [5, 5.41) is 0. The van der Waals surface area contributed by atoms with Crippen LogP contribution in [0.1, 0.15) is 40.5 Å². The lowest BCUT2D eigenvalue weighted by molar-refractivity contribution is 0.214. The van der Waals surface area contributed by atoms with E-state index < -0.39 is 0 Å².